The van der Waals surface area contributed by atoms with Crippen molar-refractivity contribution < 1.29 is 14.6 Å². The Morgan fingerprint density at radius 2 is 1.73 bits per heavy atom. The number of amides is 1. The SMILES string of the molecule is COc1ccc2c(c1)N(C)/C(=C1/SC(=Nc3ccc(Cl)cc3)N(c3ccc(O)cc3)C1=O)S2. The smallest absolute Gasteiger partial charge is 0.274 e. The predicted octanol–water partition coefficient (Wildman–Crippen LogP) is 6.23. The van der Waals surface area contributed by atoms with Gasteiger partial charge in [-0.3, -0.25) is 9.69 Å². The van der Waals surface area contributed by atoms with E-state index in [1.165, 1.54) is 11.8 Å². The summed E-state index contributed by atoms with van der Waals surface area (Å²) in [6, 6.07) is 19.5. The Morgan fingerprint density at radius 3 is 2.42 bits per heavy atom. The molecule has 2 aliphatic heterocycles. The van der Waals surface area contributed by atoms with Gasteiger partial charge in [-0.2, -0.15) is 0 Å². The van der Waals surface area contributed by atoms with Crippen molar-refractivity contribution in [1.82, 2.24) is 0 Å². The summed E-state index contributed by atoms with van der Waals surface area (Å²) in [6.45, 7) is 0. The van der Waals surface area contributed by atoms with E-state index >= 15 is 0 Å². The lowest BCUT2D eigenvalue weighted by molar-refractivity contribution is -0.113. The molecular formula is C24H18ClN3O3S2. The van der Waals surface area contributed by atoms with Crippen molar-refractivity contribution >= 4 is 63.3 Å². The number of amidine groups is 1. The van der Waals surface area contributed by atoms with Crippen LogP contribution in [0.15, 0.2) is 86.6 Å². The molecule has 3 aromatic rings. The molecule has 0 spiro atoms. The van der Waals surface area contributed by atoms with Gasteiger partial charge in [0.05, 0.1) is 29.2 Å². The molecule has 0 atom stereocenters. The zero-order chi connectivity index (χ0) is 23.1. The number of rotatable bonds is 3. The Bertz CT molecular complexity index is 1310. The van der Waals surface area contributed by atoms with Gasteiger partial charge in [-0.1, -0.05) is 23.4 Å². The molecule has 2 heterocycles. The van der Waals surface area contributed by atoms with E-state index in [-0.39, 0.29) is 11.7 Å². The number of methoxy groups -OCH3 is 1. The number of nitrogens with zero attached hydrogens (tertiary/aromatic N) is 3. The van der Waals surface area contributed by atoms with Crippen LogP contribution in [0.5, 0.6) is 11.5 Å². The minimum absolute atomic E-state index is 0.128. The van der Waals surface area contributed by atoms with Crippen molar-refractivity contribution in [3.05, 3.63) is 81.7 Å². The Morgan fingerprint density at radius 1 is 1.00 bits per heavy atom. The van der Waals surface area contributed by atoms with Crippen LogP contribution in [0.3, 0.4) is 0 Å². The minimum atomic E-state index is -0.174. The first-order valence-electron chi connectivity index (χ1n) is 9.94. The molecule has 1 N–H and O–H groups in total. The molecule has 0 aliphatic carbocycles. The molecule has 6 nitrogen and oxygen atoms in total. The maximum Gasteiger partial charge on any atom is 0.274 e. The zero-order valence-electron chi connectivity index (χ0n) is 17.7. The zero-order valence-corrected chi connectivity index (χ0v) is 20.0. The average molecular weight is 496 g/mol. The monoisotopic (exact) mass is 495 g/mol. The van der Waals surface area contributed by atoms with E-state index in [9.17, 15) is 9.90 Å². The van der Waals surface area contributed by atoms with Crippen LogP contribution in [0.4, 0.5) is 17.1 Å². The van der Waals surface area contributed by atoms with Gasteiger partial charge in [0.2, 0.25) is 0 Å². The lowest BCUT2D eigenvalue weighted by Crippen LogP contribution is -2.29. The molecule has 1 saturated heterocycles. The molecule has 3 aromatic carbocycles. The highest BCUT2D eigenvalue weighted by Gasteiger charge is 2.40. The largest absolute Gasteiger partial charge is 0.508 e. The van der Waals surface area contributed by atoms with Gasteiger partial charge in [0.25, 0.3) is 5.91 Å². The first-order chi connectivity index (χ1) is 15.9. The van der Waals surface area contributed by atoms with Crippen LogP contribution >= 0.6 is 35.1 Å². The van der Waals surface area contributed by atoms with Gasteiger partial charge in [0.15, 0.2) is 5.17 Å². The summed E-state index contributed by atoms with van der Waals surface area (Å²) in [6.07, 6.45) is 0. The number of thioether (sulfide) groups is 2. The highest BCUT2D eigenvalue weighted by atomic mass is 35.5. The van der Waals surface area contributed by atoms with Crippen LogP contribution in [-0.4, -0.2) is 30.3 Å². The Hall–Kier alpha value is -3.07. The lowest BCUT2D eigenvalue weighted by atomic mass is 10.2. The second-order valence-corrected chi connectivity index (χ2v) is 9.70. The fourth-order valence-corrected chi connectivity index (χ4v) is 5.94. The van der Waals surface area contributed by atoms with Crippen molar-refractivity contribution in [2.45, 2.75) is 4.90 Å². The number of carbonyl (C=O) groups is 1. The number of carbonyl (C=O) groups excluding carboxylic acids is 1. The van der Waals surface area contributed by atoms with Crippen molar-refractivity contribution in [2.24, 2.45) is 4.99 Å². The van der Waals surface area contributed by atoms with Crippen LogP contribution in [0.25, 0.3) is 0 Å². The molecule has 0 saturated carbocycles. The van der Waals surface area contributed by atoms with Gasteiger partial charge < -0.3 is 14.7 Å². The van der Waals surface area contributed by atoms with Crippen molar-refractivity contribution in [3.63, 3.8) is 0 Å². The van der Waals surface area contributed by atoms with E-state index in [1.54, 1.807) is 72.3 Å². The Labute approximate surface area is 204 Å². The van der Waals surface area contributed by atoms with Gasteiger partial charge in [0, 0.05) is 23.0 Å². The van der Waals surface area contributed by atoms with E-state index in [4.69, 9.17) is 21.3 Å². The summed E-state index contributed by atoms with van der Waals surface area (Å²) in [7, 11) is 3.57. The molecule has 33 heavy (non-hydrogen) atoms. The van der Waals surface area contributed by atoms with Crippen LogP contribution in [0.2, 0.25) is 5.02 Å². The fraction of sp³-hybridized carbons (Fsp3) is 0.0833. The van der Waals surface area contributed by atoms with Gasteiger partial charge >= 0.3 is 0 Å². The molecule has 166 valence electrons. The van der Waals surface area contributed by atoms with Gasteiger partial charge in [-0.25, -0.2) is 4.99 Å². The van der Waals surface area contributed by atoms with Crippen molar-refractivity contribution in [2.75, 3.05) is 24.0 Å². The quantitative estimate of drug-likeness (QED) is 0.434. The molecule has 0 unspecified atom stereocenters. The minimum Gasteiger partial charge on any atom is -0.508 e. The van der Waals surface area contributed by atoms with Gasteiger partial charge in [-0.05, 0) is 72.4 Å². The number of ether oxygens (including phenoxy) is 1. The highest BCUT2D eigenvalue weighted by molar-refractivity contribution is 8.20. The number of halogens is 1. The third kappa shape index (κ3) is 4.06. The maximum atomic E-state index is 13.7. The molecule has 9 heteroatoms. The number of hydrogen-bond acceptors (Lipinski definition) is 7. The number of phenolic OH excluding ortho intramolecular Hbond substituents is 1. The molecule has 1 amide bonds. The third-order valence-corrected chi connectivity index (χ3v) is 7.82. The van der Waals surface area contributed by atoms with Crippen LogP contribution in [0.1, 0.15) is 0 Å². The molecule has 0 radical (unpaired) electrons. The molecular weight excluding hydrogens is 478 g/mol. The standard InChI is InChI=1S/C24H18ClN3O3S2/c1-27-19-13-18(31-2)11-12-20(19)32-23(27)21-22(30)28(16-7-9-17(29)10-8-16)24(33-21)26-15-5-3-14(25)4-6-15/h3-13,29H,1-2H3/b23-21-,26-24?. The van der Waals surface area contributed by atoms with E-state index in [2.05, 4.69) is 0 Å². The summed E-state index contributed by atoms with van der Waals surface area (Å²) in [5.74, 6) is 0.712. The van der Waals surface area contributed by atoms with Crippen molar-refractivity contribution in [1.29, 1.82) is 0 Å². The number of benzene rings is 3. The second-order valence-electron chi connectivity index (χ2n) is 7.26. The first-order valence-corrected chi connectivity index (χ1v) is 11.9. The number of hydrogen-bond donors (Lipinski definition) is 1. The van der Waals surface area contributed by atoms with E-state index < -0.39 is 0 Å². The van der Waals surface area contributed by atoms with Crippen LogP contribution in [-0.2, 0) is 4.79 Å². The summed E-state index contributed by atoms with van der Waals surface area (Å²) in [5.41, 5.74) is 2.29. The van der Waals surface area contributed by atoms with Crippen LogP contribution in [0, 0.1) is 0 Å². The highest BCUT2D eigenvalue weighted by Crippen LogP contribution is 2.51. The average Bonchev–Trinajstić information content (AvgIpc) is 3.31. The topological polar surface area (TPSA) is 65.4 Å². The predicted molar refractivity (Wildman–Crippen MR) is 136 cm³/mol. The Balaban J connectivity index is 1.59. The third-order valence-electron chi connectivity index (χ3n) is 5.17. The summed E-state index contributed by atoms with van der Waals surface area (Å²) >= 11 is 8.88. The lowest BCUT2D eigenvalue weighted by Gasteiger charge is -2.17. The summed E-state index contributed by atoms with van der Waals surface area (Å²) < 4.78 is 5.36. The normalized spacial score (nSPS) is 18.9. The molecule has 0 bridgehead atoms. The fourth-order valence-electron chi connectivity index (χ4n) is 3.49. The van der Waals surface area contributed by atoms with Crippen molar-refractivity contribution in [3.8, 4) is 11.5 Å². The first kappa shape index (κ1) is 21.8. The maximum absolute atomic E-state index is 13.7. The number of aliphatic imine (C=N–C) groups is 1. The van der Waals surface area contributed by atoms with E-state index in [0.29, 0.717) is 26.5 Å². The molecule has 2 aliphatic rings. The number of anilines is 2. The number of aromatic hydroxyl groups is 1. The number of fused-ring (bicyclic) bond motifs is 1. The Kier molecular flexibility index (Phi) is 5.74. The molecule has 1 fully saturated rings. The number of phenols is 1. The summed E-state index contributed by atoms with van der Waals surface area (Å²) in [4.78, 5) is 23.6. The van der Waals surface area contributed by atoms with Gasteiger partial charge in [-0.15, -0.1) is 0 Å². The second kappa shape index (κ2) is 8.70. The van der Waals surface area contributed by atoms with E-state index in [0.717, 1.165) is 21.4 Å². The van der Waals surface area contributed by atoms with E-state index in [1.807, 2.05) is 30.1 Å². The summed E-state index contributed by atoms with van der Waals surface area (Å²) in [5, 5.41) is 11.7. The van der Waals surface area contributed by atoms with Crippen LogP contribution < -0.4 is 14.5 Å². The molecule has 5 rings (SSSR count). The van der Waals surface area contributed by atoms with Gasteiger partial charge in [0.1, 0.15) is 16.4 Å². The molecule has 0 aromatic heterocycles.